The number of carbonyl (C=O) groups is 1. The Morgan fingerprint density at radius 3 is 2.92 bits per heavy atom. The molecule has 1 aromatic heterocycles. The van der Waals surface area contributed by atoms with Crippen LogP contribution in [-0.4, -0.2) is 13.0 Å². The lowest BCUT2D eigenvalue weighted by atomic mass is 10.1. The fourth-order valence-electron chi connectivity index (χ4n) is 1.30. The maximum atomic E-state index is 11.0. The molecule has 0 aliphatic rings. The van der Waals surface area contributed by atoms with E-state index in [1.165, 1.54) is 0 Å². The summed E-state index contributed by atoms with van der Waals surface area (Å²) in [6, 6.07) is 1.33. The summed E-state index contributed by atoms with van der Waals surface area (Å²) < 4.78 is 5.21. The Labute approximate surface area is 77.1 Å². The molecule has 0 spiro atoms. The molecule has 1 unspecified atom stereocenters. The molecule has 4 heteroatoms. The highest BCUT2D eigenvalue weighted by atomic mass is 16.3. The molecule has 13 heavy (non-hydrogen) atoms. The van der Waals surface area contributed by atoms with Crippen LogP contribution in [-0.2, 0) is 11.2 Å². The summed E-state index contributed by atoms with van der Waals surface area (Å²) in [4.78, 5) is 11.0. The highest BCUT2D eigenvalue weighted by molar-refractivity contribution is 5.81. The van der Waals surface area contributed by atoms with Gasteiger partial charge in [-0.15, -0.1) is 0 Å². The van der Waals surface area contributed by atoms with E-state index in [4.69, 9.17) is 10.2 Å². The van der Waals surface area contributed by atoms with Crippen LogP contribution in [0.2, 0.25) is 0 Å². The number of amides is 1. The number of nitrogens with one attached hydrogen (secondary N) is 1. The molecule has 0 saturated heterocycles. The van der Waals surface area contributed by atoms with Crippen molar-refractivity contribution in [2.24, 2.45) is 5.73 Å². The minimum atomic E-state index is -0.523. The zero-order chi connectivity index (χ0) is 9.84. The Morgan fingerprint density at radius 1 is 1.77 bits per heavy atom. The Bertz CT molecular complexity index is 294. The normalized spacial score (nSPS) is 12.8. The van der Waals surface area contributed by atoms with Crippen LogP contribution < -0.4 is 11.1 Å². The maximum Gasteiger partial charge on any atom is 0.242 e. The number of furan rings is 1. The van der Waals surface area contributed by atoms with E-state index >= 15 is 0 Å². The molecule has 1 atom stereocenters. The first kappa shape index (κ1) is 9.80. The Morgan fingerprint density at radius 2 is 2.46 bits per heavy atom. The summed E-state index contributed by atoms with van der Waals surface area (Å²) in [5.41, 5.74) is 6.21. The monoisotopic (exact) mass is 182 g/mol. The highest BCUT2D eigenvalue weighted by Crippen LogP contribution is 2.19. The zero-order valence-electron chi connectivity index (χ0n) is 7.83. The van der Waals surface area contributed by atoms with Crippen LogP contribution in [0, 0.1) is 0 Å². The molecule has 0 aliphatic carbocycles. The van der Waals surface area contributed by atoms with E-state index in [1.54, 1.807) is 13.3 Å². The molecule has 0 bridgehead atoms. The summed E-state index contributed by atoms with van der Waals surface area (Å²) >= 11 is 0. The van der Waals surface area contributed by atoms with E-state index in [2.05, 4.69) is 5.32 Å². The topological polar surface area (TPSA) is 68.3 Å². The van der Waals surface area contributed by atoms with Gasteiger partial charge in [-0.3, -0.25) is 4.79 Å². The lowest BCUT2D eigenvalue weighted by Crippen LogP contribution is -2.31. The number of carbonyl (C=O) groups excluding carboxylic acids is 1. The molecule has 0 radical (unpaired) electrons. The van der Waals surface area contributed by atoms with Gasteiger partial charge in [-0.25, -0.2) is 0 Å². The zero-order valence-corrected chi connectivity index (χ0v) is 7.83. The minimum Gasteiger partial charge on any atom is -0.467 e. The summed E-state index contributed by atoms with van der Waals surface area (Å²) in [7, 11) is 1.68. The number of nitrogens with two attached hydrogens (primary N) is 1. The lowest BCUT2D eigenvalue weighted by molar-refractivity contribution is -0.120. The van der Waals surface area contributed by atoms with E-state index in [9.17, 15) is 4.79 Å². The number of aryl methyl sites for hydroxylation is 1. The molecule has 1 amide bonds. The number of hydrogen-bond donors (Lipinski definition) is 2. The van der Waals surface area contributed by atoms with Gasteiger partial charge in [0.25, 0.3) is 0 Å². The number of rotatable bonds is 4. The molecule has 0 aliphatic heterocycles. The van der Waals surface area contributed by atoms with Gasteiger partial charge in [0.15, 0.2) is 0 Å². The number of primary amides is 1. The number of likely N-dealkylation sites (N-methyl/N-ethyl adjacent to an activating group) is 1. The van der Waals surface area contributed by atoms with Gasteiger partial charge in [-0.05, 0) is 25.1 Å². The van der Waals surface area contributed by atoms with E-state index < -0.39 is 11.9 Å². The molecule has 1 heterocycles. The molecule has 0 aromatic carbocycles. The smallest absolute Gasteiger partial charge is 0.242 e. The van der Waals surface area contributed by atoms with Gasteiger partial charge >= 0.3 is 0 Å². The average molecular weight is 182 g/mol. The lowest BCUT2D eigenvalue weighted by Gasteiger charge is -2.10. The number of hydrogen-bond acceptors (Lipinski definition) is 3. The van der Waals surface area contributed by atoms with Gasteiger partial charge in [-0.2, -0.15) is 0 Å². The fourth-order valence-corrected chi connectivity index (χ4v) is 1.30. The van der Waals surface area contributed by atoms with Crippen molar-refractivity contribution in [3.05, 3.63) is 23.7 Å². The third-order valence-corrected chi connectivity index (χ3v) is 2.00. The van der Waals surface area contributed by atoms with E-state index in [0.717, 1.165) is 12.0 Å². The van der Waals surface area contributed by atoms with Crippen molar-refractivity contribution in [1.82, 2.24) is 5.32 Å². The molecular formula is C9H14N2O2. The molecule has 0 fully saturated rings. The third kappa shape index (κ3) is 1.89. The van der Waals surface area contributed by atoms with Crippen molar-refractivity contribution in [1.29, 1.82) is 0 Å². The fraction of sp³-hybridized carbons (Fsp3) is 0.444. The minimum absolute atomic E-state index is 0.424. The second-order valence-electron chi connectivity index (χ2n) is 2.79. The molecule has 4 nitrogen and oxygen atoms in total. The maximum absolute atomic E-state index is 11.0. The summed E-state index contributed by atoms with van der Waals surface area (Å²) in [5.74, 6) is 0.199. The summed E-state index contributed by atoms with van der Waals surface area (Å²) in [5, 5.41) is 2.81. The second kappa shape index (κ2) is 4.09. The van der Waals surface area contributed by atoms with Crippen molar-refractivity contribution in [2.45, 2.75) is 19.4 Å². The van der Waals surface area contributed by atoms with E-state index in [-0.39, 0.29) is 0 Å². The Balaban J connectivity index is 2.96. The van der Waals surface area contributed by atoms with Crippen molar-refractivity contribution in [3.8, 4) is 0 Å². The molecule has 72 valence electrons. The van der Waals surface area contributed by atoms with Gasteiger partial charge in [0, 0.05) is 0 Å². The largest absolute Gasteiger partial charge is 0.467 e. The molecular weight excluding hydrogens is 168 g/mol. The molecule has 0 saturated carbocycles. The third-order valence-electron chi connectivity index (χ3n) is 2.00. The van der Waals surface area contributed by atoms with Crippen LogP contribution in [0.15, 0.2) is 16.7 Å². The first-order valence-electron chi connectivity index (χ1n) is 4.23. The highest BCUT2D eigenvalue weighted by Gasteiger charge is 2.21. The standard InChI is InChI=1S/C9H14N2O2/c1-3-6-4-5-13-8(6)7(11-2)9(10)12/h4-5,7,11H,3H2,1-2H3,(H2,10,12). The van der Waals surface area contributed by atoms with Gasteiger partial charge in [-0.1, -0.05) is 6.92 Å². The first-order valence-corrected chi connectivity index (χ1v) is 4.23. The Kier molecular flexibility index (Phi) is 3.08. The SMILES string of the molecule is CCc1ccoc1C(NC)C(N)=O. The summed E-state index contributed by atoms with van der Waals surface area (Å²) in [6.07, 6.45) is 2.40. The van der Waals surface area contributed by atoms with Gasteiger partial charge in [0.05, 0.1) is 6.26 Å². The predicted octanol–water partition coefficient (Wildman–Crippen LogP) is 0.588. The summed E-state index contributed by atoms with van der Waals surface area (Å²) in [6.45, 7) is 2.00. The van der Waals surface area contributed by atoms with Gasteiger partial charge in [0.2, 0.25) is 5.91 Å². The quantitative estimate of drug-likeness (QED) is 0.716. The molecule has 1 rings (SSSR count). The van der Waals surface area contributed by atoms with Gasteiger partial charge < -0.3 is 15.5 Å². The van der Waals surface area contributed by atoms with Crippen LogP contribution in [0.3, 0.4) is 0 Å². The van der Waals surface area contributed by atoms with E-state index in [0.29, 0.717) is 5.76 Å². The van der Waals surface area contributed by atoms with Crippen LogP contribution in [0.1, 0.15) is 24.3 Å². The predicted molar refractivity (Wildman–Crippen MR) is 49.1 cm³/mol. The Hall–Kier alpha value is -1.29. The average Bonchev–Trinajstić information content (AvgIpc) is 2.53. The van der Waals surface area contributed by atoms with Crippen LogP contribution in [0.4, 0.5) is 0 Å². The van der Waals surface area contributed by atoms with Crippen LogP contribution in [0.25, 0.3) is 0 Å². The van der Waals surface area contributed by atoms with Crippen molar-refractivity contribution < 1.29 is 9.21 Å². The van der Waals surface area contributed by atoms with Gasteiger partial charge in [0.1, 0.15) is 11.8 Å². The van der Waals surface area contributed by atoms with Crippen molar-refractivity contribution in [3.63, 3.8) is 0 Å². The first-order chi connectivity index (χ1) is 6.20. The molecule has 1 aromatic rings. The second-order valence-corrected chi connectivity index (χ2v) is 2.79. The van der Waals surface area contributed by atoms with E-state index in [1.807, 2.05) is 13.0 Å². The van der Waals surface area contributed by atoms with Crippen molar-refractivity contribution in [2.75, 3.05) is 7.05 Å². The van der Waals surface area contributed by atoms with Crippen LogP contribution in [0.5, 0.6) is 0 Å². The molecule has 3 N–H and O–H groups in total. The van der Waals surface area contributed by atoms with Crippen molar-refractivity contribution >= 4 is 5.91 Å². The van der Waals surface area contributed by atoms with Crippen LogP contribution >= 0.6 is 0 Å².